The third-order valence-corrected chi connectivity index (χ3v) is 2.88. The first-order chi connectivity index (χ1) is 9.54. The second kappa shape index (κ2) is 5.64. The largest absolute Gasteiger partial charge is 0.494 e. The molecule has 0 unspecified atom stereocenters. The molecule has 20 heavy (non-hydrogen) atoms. The SMILES string of the molecule is CCCOc1ccc(-n2c(O)c(C)c(=O)[nH]c2=O)cc1. The monoisotopic (exact) mass is 276 g/mol. The van der Waals surface area contributed by atoms with Crippen molar-refractivity contribution in [2.45, 2.75) is 20.3 Å². The van der Waals surface area contributed by atoms with Crippen LogP contribution in [-0.2, 0) is 0 Å². The van der Waals surface area contributed by atoms with Gasteiger partial charge in [0.25, 0.3) is 5.56 Å². The lowest BCUT2D eigenvalue weighted by Gasteiger charge is -2.10. The Labute approximate surface area is 115 Å². The molecule has 1 aromatic heterocycles. The van der Waals surface area contributed by atoms with Crippen LogP contribution in [0, 0.1) is 6.92 Å². The van der Waals surface area contributed by atoms with Gasteiger partial charge in [-0.1, -0.05) is 6.92 Å². The Morgan fingerprint density at radius 1 is 1.25 bits per heavy atom. The van der Waals surface area contributed by atoms with Crippen molar-refractivity contribution in [3.05, 3.63) is 50.7 Å². The molecule has 0 aliphatic rings. The van der Waals surface area contributed by atoms with Crippen LogP contribution in [0.4, 0.5) is 0 Å². The zero-order valence-electron chi connectivity index (χ0n) is 11.3. The van der Waals surface area contributed by atoms with E-state index in [4.69, 9.17) is 4.74 Å². The number of ether oxygens (including phenoxy) is 1. The number of aromatic nitrogens is 2. The maximum atomic E-state index is 11.8. The van der Waals surface area contributed by atoms with E-state index < -0.39 is 11.2 Å². The molecule has 0 saturated heterocycles. The zero-order valence-corrected chi connectivity index (χ0v) is 11.3. The van der Waals surface area contributed by atoms with Gasteiger partial charge in [-0.3, -0.25) is 9.78 Å². The molecule has 0 spiro atoms. The van der Waals surface area contributed by atoms with E-state index in [0.29, 0.717) is 18.0 Å². The summed E-state index contributed by atoms with van der Waals surface area (Å²) in [6, 6.07) is 6.70. The summed E-state index contributed by atoms with van der Waals surface area (Å²) in [4.78, 5) is 25.3. The van der Waals surface area contributed by atoms with Gasteiger partial charge in [-0.05, 0) is 37.6 Å². The summed E-state index contributed by atoms with van der Waals surface area (Å²) in [6.45, 7) is 4.07. The Morgan fingerprint density at radius 3 is 2.50 bits per heavy atom. The minimum absolute atomic E-state index is 0.0934. The molecular weight excluding hydrogens is 260 g/mol. The number of rotatable bonds is 4. The Morgan fingerprint density at radius 2 is 1.90 bits per heavy atom. The topological polar surface area (TPSA) is 84.3 Å². The molecule has 0 aliphatic carbocycles. The minimum atomic E-state index is -0.680. The van der Waals surface area contributed by atoms with Crippen molar-refractivity contribution in [1.82, 2.24) is 9.55 Å². The molecule has 0 radical (unpaired) electrons. The quantitative estimate of drug-likeness (QED) is 0.882. The van der Waals surface area contributed by atoms with Crippen LogP contribution in [0.2, 0.25) is 0 Å². The third-order valence-electron chi connectivity index (χ3n) is 2.88. The van der Waals surface area contributed by atoms with Gasteiger partial charge in [0, 0.05) is 0 Å². The van der Waals surface area contributed by atoms with E-state index in [-0.39, 0.29) is 11.4 Å². The van der Waals surface area contributed by atoms with Crippen molar-refractivity contribution in [2.24, 2.45) is 0 Å². The van der Waals surface area contributed by atoms with Crippen molar-refractivity contribution in [3.8, 4) is 17.3 Å². The molecule has 1 aromatic carbocycles. The zero-order chi connectivity index (χ0) is 14.7. The summed E-state index contributed by atoms with van der Waals surface area (Å²) < 4.78 is 6.48. The second-order valence-corrected chi connectivity index (χ2v) is 4.39. The maximum absolute atomic E-state index is 11.8. The van der Waals surface area contributed by atoms with Crippen LogP contribution in [-0.4, -0.2) is 21.3 Å². The van der Waals surface area contributed by atoms with E-state index >= 15 is 0 Å². The molecule has 2 N–H and O–H groups in total. The van der Waals surface area contributed by atoms with Gasteiger partial charge in [0.1, 0.15) is 5.75 Å². The average molecular weight is 276 g/mol. The number of hydrogen-bond donors (Lipinski definition) is 2. The number of nitrogens with zero attached hydrogens (tertiary/aromatic N) is 1. The number of H-pyrrole nitrogens is 1. The summed E-state index contributed by atoms with van der Waals surface area (Å²) in [5, 5.41) is 9.94. The van der Waals surface area contributed by atoms with Gasteiger partial charge in [0.2, 0.25) is 5.88 Å². The van der Waals surface area contributed by atoms with Gasteiger partial charge < -0.3 is 9.84 Å². The highest BCUT2D eigenvalue weighted by molar-refractivity contribution is 5.41. The van der Waals surface area contributed by atoms with E-state index in [1.54, 1.807) is 24.3 Å². The second-order valence-electron chi connectivity index (χ2n) is 4.39. The third kappa shape index (κ3) is 2.59. The predicted molar refractivity (Wildman–Crippen MR) is 74.8 cm³/mol. The van der Waals surface area contributed by atoms with Gasteiger partial charge in [-0.15, -0.1) is 0 Å². The molecule has 0 aliphatic heterocycles. The number of aromatic amines is 1. The van der Waals surface area contributed by atoms with Gasteiger partial charge in [0.05, 0.1) is 17.9 Å². The fourth-order valence-electron chi connectivity index (χ4n) is 1.76. The Balaban J connectivity index is 2.45. The highest BCUT2D eigenvalue weighted by Crippen LogP contribution is 2.18. The molecule has 106 valence electrons. The average Bonchev–Trinajstić information content (AvgIpc) is 2.44. The van der Waals surface area contributed by atoms with Crippen LogP contribution in [0.3, 0.4) is 0 Å². The summed E-state index contributed by atoms with van der Waals surface area (Å²) in [5.74, 6) is 0.324. The first-order valence-corrected chi connectivity index (χ1v) is 6.32. The summed E-state index contributed by atoms with van der Waals surface area (Å²) in [5.41, 5.74) is -0.724. The number of nitrogens with one attached hydrogen (secondary N) is 1. The van der Waals surface area contributed by atoms with Gasteiger partial charge in [0.15, 0.2) is 0 Å². The molecule has 0 bridgehead atoms. The summed E-state index contributed by atoms with van der Waals surface area (Å²) >= 11 is 0. The Hall–Kier alpha value is -2.50. The molecule has 0 amide bonds. The van der Waals surface area contributed by atoms with E-state index in [2.05, 4.69) is 4.98 Å². The van der Waals surface area contributed by atoms with Crippen molar-refractivity contribution in [3.63, 3.8) is 0 Å². The smallest absolute Gasteiger partial charge is 0.335 e. The Kier molecular flexibility index (Phi) is 3.93. The first-order valence-electron chi connectivity index (χ1n) is 6.32. The lowest BCUT2D eigenvalue weighted by atomic mass is 10.3. The highest BCUT2D eigenvalue weighted by atomic mass is 16.5. The molecule has 0 saturated carbocycles. The first kappa shape index (κ1) is 13.9. The lowest BCUT2D eigenvalue weighted by molar-refractivity contribution is 0.317. The van der Waals surface area contributed by atoms with Crippen LogP contribution in [0.15, 0.2) is 33.9 Å². The van der Waals surface area contributed by atoms with Crippen LogP contribution in [0.1, 0.15) is 18.9 Å². The molecule has 0 fully saturated rings. The molecule has 2 rings (SSSR count). The molecule has 1 heterocycles. The van der Waals surface area contributed by atoms with Crippen LogP contribution < -0.4 is 16.0 Å². The fraction of sp³-hybridized carbons (Fsp3) is 0.286. The standard InChI is InChI=1S/C14H16N2O4/c1-3-8-20-11-6-4-10(5-7-11)16-13(18)9(2)12(17)15-14(16)19/h4-7,18H,3,8H2,1-2H3,(H,15,17,19). The molecule has 6 heteroatoms. The maximum Gasteiger partial charge on any atom is 0.335 e. The minimum Gasteiger partial charge on any atom is -0.494 e. The fourth-order valence-corrected chi connectivity index (χ4v) is 1.76. The molecular formula is C14H16N2O4. The van der Waals surface area contributed by atoms with Crippen molar-refractivity contribution < 1.29 is 9.84 Å². The normalized spacial score (nSPS) is 10.5. The van der Waals surface area contributed by atoms with Crippen molar-refractivity contribution in [2.75, 3.05) is 6.61 Å². The summed E-state index contributed by atoms with van der Waals surface area (Å²) in [6.07, 6.45) is 0.904. The van der Waals surface area contributed by atoms with E-state index in [9.17, 15) is 14.7 Å². The number of hydrogen-bond acceptors (Lipinski definition) is 4. The van der Waals surface area contributed by atoms with Gasteiger partial charge >= 0.3 is 5.69 Å². The van der Waals surface area contributed by atoms with Crippen LogP contribution in [0.5, 0.6) is 11.6 Å². The lowest BCUT2D eigenvalue weighted by Crippen LogP contribution is -2.30. The van der Waals surface area contributed by atoms with Crippen molar-refractivity contribution >= 4 is 0 Å². The van der Waals surface area contributed by atoms with Gasteiger partial charge in [-0.25, -0.2) is 9.36 Å². The highest BCUT2D eigenvalue weighted by Gasteiger charge is 2.11. The Bertz CT molecular complexity index is 713. The van der Waals surface area contributed by atoms with E-state index in [0.717, 1.165) is 11.0 Å². The number of benzene rings is 1. The van der Waals surface area contributed by atoms with E-state index in [1.165, 1.54) is 6.92 Å². The van der Waals surface area contributed by atoms with Crippen LogP contribution in [0.25, 0.3) is 5.69 Å². The predicted octanol–water partition coefficient (Wildman–Crippen LogP) is 1.33. The molecule has 0 atom stereocenters. The van der Waals surface area contributed by atoms with Gasteiger partial charge in [-0.2, -0.15) is 0 Å². The van der Waals surface area contributed by atoms with E-state index in [1.807, 2.05) is 6.92 Å². The van der Waals surface area contributed by atoms with Crippen LogP contribution >= 0.6 is 0 Å². The van der Waals surface area contributed by atoms with Crippen molar-refractivity contribution in [1.29, 1.82) is 0 Å². The summed E-state index contributed by atoms with van der Waals surface area (Å²) in [7, 11) is 0. The molecule has 2 aromatic rings. The number of aromatic hydroxyl groups is 1. The molecule has 6 nitrogen and oxygen atoms in total.